The van der Waals surface area contributed by atoms with E-state index in [0.717, 1.165) is 24.6 Å². The Bertz CT molecular complexity index is 350. The fourth-order valence-electron chi connectivity index (χ4n) is 1.87. The molecule has 2 heterocycles. The van der Waals surface area contributed by atoms with E-state index < -0.39 is 0 Å². The van der Waals surface area contributed by atoms with Gasteiger partial charge in [-0.05, 0) is 37.7 Å². The Morgan fingerprint density at radius 2 is 2.47 bits per heavy atom. The molecule has 1 fully saturated rings. The molecule has 0 aromatic carbocycles. The number of ether oxygens (including phenoxy) is 2. The van der Waals surface area contributed by atoms with Crippen molar-refractivity contribution in [1.82, 2.24) is 4.37 Å². The third-order valence-electron chi connectivity index (χ3n) is 2.73. The minimum Gasteiger partial charge on any atom is -0.487 e. The molecule has 1 aliphatic rings. The highest BCUT2D eigenvalue weighted by Crippen LogP contribution is 2.35. The monoisotopic (exact) mass is 257 g/mol. The molecule has 2 rings (SSSR count). The fourth-order valence-corrected chi connectivity index (χ4v) is 2.53. The van der Waals surface area contributed by atoms with Crippen LogP contribution in [0.3, 0.4) is 0 Å². The molecule has 1 aliphatic heterocycles. The van der Waals surface area contributed by atoms with E-state index in [-0.39, 0.29) is 0 Å². The van der Waals surface area contributed by atoms with E-state index in [1.807, 2.05) is 6.92 Å². The van der Waals surface area contributed by atoms with Gasteiger partial charge in [0.25, 0.3) is 0 Å². The van der Waals surface area contributed by atoms with Crippen LogP contribution in [0.25, 0.3) is 0 Å². The smallest absolute Gasteiger partial charge is 0.197 e. The van der Waals surface area contributed by atoms with Gasteiger partial charge in [-0.2, -0.15) is 4.37 Å². The highest BCUT2D eigenvalue weighted by molar-refractivity contribution is 7.11. The number of aromatic nitrogens is 1. The standard InChI is InChI=1S/C11H19N3O2S/c1-2-15-9-10(12)14-17-11(9)13-7-8-5-3-4-6-16-8/h8,13H,2-7H2,1H3,(H2,12,14). The number of hydrogen-bond donors (Lipinski definition) is 2. The minimum atomic E-state index is 0.293. The summed E-state index contributed by atoms with van der Waals surface area (Å²) in [5.74, 6) is 1.14. The Kier molecular flexibility index (Phi) is 4.44. The average molecular weight is 257 g/mol. The Morgan fingerprint density at radius 3 is 3.18 bits per heavy atom. The zero-order valence-corrected chi connectivity index (χ0v) is 10.9. The molecule has 96 valence electrons. The van der Waals surface area contributed by atoms with Crippen LogP contribution < -0.4 is 15.8 Å². The maximum atomic E-state index is 5.74. The third-order valence-corrected chi connectivity index (χ3v) is 3.53. The van der Waals surface area contributed by atoms with E-state index in [4.69, 9.17) is 15.2 Å². The summed E-state index contributed by atoms with van der Waals surface area (Å²) in [6.07, 6.45) is 3.83. The van der Waals surface area contributed by atoms with Crippen LogP contribution in [0.2, 0.25) is 0 Å². The van der Waals surface area contributed by atoms with Crippen molar-refractivity contribution in [2.24, 2.45) is 0 Å². The van der Waals surface area contributed by atoms with Gasteiger partial charge in [0.1, 0.15) is 0 Å². The zero-order chi connectivity index (χ0) is 12.1. The van der Waals surface area contributed by atoms with E-state index >= 15 is 0 Å². The van der Waals surface area contributed by atoms with Gasteiger partial charge in [0.15, 0.2) is 16.6 Å². The summed E-state index contributed by atoms with van der Waals surface area (Å²) in [5, 5.41) is 4.22. The van der Waals surface area contributed by atoms with Crippen molar-refractivity contribution in [2.45, 2.75) is 32.3 Å². The Balaban J connectivity index is 1.89. The molecule has 0 amide bonds. The number of nitrogen functional groups attached to an aromatic ring is 1. The van der Waals surface area contributed by atoms with Crippen molar-refractivity contribution in [2.75, 3.05) is 30.8 Å². The van der Waals surface area contributed by atoms with Gasteiger partial charge in [-0.1, -0.05) is 0 Å². The Labute approximate surface area is 105 Å². The first kappa shape index (κ1) is 12.4. The summed E-state index contributed by atoms with van der Waals surface area (Å²) in [6.45, 7) is 4.19. The van der Waals surface area contributed by atoms with Crippen LogP contribution in [0.1, 0.15) is 26.2 Å². The molecule has 3 N–H and O–H groups in total. The second-order valence-electron chi connectivity index (χ2n) is 4.03. The summed E-state index contributed by atoms with van der Waals surface area (Å²) in [6, 6.07) is 0. The van der Waals surface area contributed by atoms with Crippen LogP contribution in [0.5, 0.6) is 5.75 Å². The summed E-state index contributed by atoms with van der Waals surface area (Å²) in [5.41, 5.74) is 5.74. The molecule has 1 saturated heterocycles. The molecular formula is C11H19N3O2S. The van der Waals surface area contributed by atoms with E-state index in [1.165, 1.54) is 24.4 Å². The van der Waals surface area contributed by atoms with E-state index in [1.54, 1.807) is 0 Å². The number of anilines is 2. The quantitative estimate of drug-likeness (QED) is 0.845. The summed E-state index contributed by atoms with van der Waals surface area (Å²) in [7, 11) is 0. The van der Waals surface area contributed by atoms with Crippen molar-refractivity contribution in [3.63, 3.8) is 0 Å². The van der Waals surface area contributed by atoms with Crippen molar-refractivity contribution < 1.29 is 9.47 Å². The predicted octanol–water partition coefficient (Wildman–Crippen LogP) is 2.10. The van der Waals surface area contributed by atoms with Gasteiger partial charge in [0.2, 0.25) is 0 Å². The first-order valence-electron chi connectivity index (χ1n) is 6.04. The maximum absolute atomic E-state index is 5.74. The van der Waals surface area contributed by atoms with Crippen LogP contribution in [0, 0.1) is 0 Å². The molecule has 1 unspecified atom stereocenters. The van der Waals surface area contributed by atoms with Crippen LogP contribution >= 0.6 is 11.5 Å². The van der Waals surface area contributed by atoms with Gasteiger partial charge < -0.3 is 20.5 Å². The van der Waals surface area contributed by atoms with Gasteiger partial charge in [-0.15, -0.1) is 0 Å². The van der Waals surface area contributed by atoms with E-state index in [0.29, 0.717) is 24.3 Å². The third kappa shape index (κ3) is 3.23. The number of nitrogens with two attached hydrogens (primary N) is 1. The maximum Gasteiger partial charge on any atom is 0.197 e. The summed E-state index contributed by atoms with van der Waals surface area (Å²) < 4.78 is 15.2. The topological polar surface area (TPSA) is 69.4 Å². The molecule has 17 heavy (non-hydrogen) atoms. The zero-order valence-electron chi connectivity index (χ0n) is 10.1. The number of rotatable bonds is 5. The molecule has 0 bridgehead atoms. The highest BCUT2D eigenvalue weighted by atomic mass is 32.1. The lowest BCUT2D eigenvalue weighted by Crippen LogP contribution is -2.26. The lowest BCUT2D eigenvalue weighted by molar-refractivity contribution is 0.0248. The van der Waals surface area contributed by atoms with E-state index in [2.05, 4.69) is 9.69 Å². The van der Waals surface area contributed by atoms with Gasteiger partial charge in [-0.3, -0.25) is 0 Å². The molecular weight excluding hydrogens is 238 g/mol. The van der Waals surface area contributed by atoms with Crippen molar-refractivity contribution in [3.8, 4) is 5.75 Å². The predicted molar refractivity (Wildman–Crippen MR) is 69.8 cm³/mol. The van der Waals surface area contributed by atoms with Crippen molar-refractivity contribution in [3.05, 3.63) is 0 Å². The van der Waals surface area contributed by atoms with Crippen molar-refractivity contribution in [1.29, 1.82) is 0 Å². The number of nitrogens with one attached hydrogen (secondary N) is 1. The lowest BCUT2D eigenvalue weighted by Gasteiger charge is -2.22. The molecule has 6 heteroatoms. The minimum absolute atomic E-state index is 0.293. The van der Waals surface area contributed by atoms with Gasteiger partial charge in [0.05, 0.1) is 12.7 Å². The Hall–Kier alpha value is -1.01. The molecule has 0 radical (unpaired) electrons. The van der Waals surface area contributed by atoms with Gasteiger partial charge >= 0.3 is 0 Å². The Morgan fingerprint density at radius 1 is 1.59 bits per heavy atom. The highest BCUT2D eigenvalue weighted by Gasteiger charge is 2.17. The molecule has 1 atom stereocenters. The van der Waals surface area contributed by atoms with Gasteiger partial charge in [-0.25, -0.2) is 0 Å². The number of nitrogens with zero attached hydrogens (tertiary/aromatic N) is 1. The normalized spacial score (nSPS) is 20.2. The van der Waals surface area contributed by atoms with Crippen LogP contribution in [0.4, 0.5) is 10.8 Å². The average Bonchev–Trinajstić information content (AvgIpc) is 2.70. The first-order valence-corrected chi connectivity index (χ1v) is 6.82. The molecule has 0 saturated carbocycles. The fraction of sp³-hybridized carbons (Fsp3) is 0.727. The SMILES string of the molecule is CCOc1c(N)nsc1NCC1CCCCO1. The second-order valence-corrected chi connectivity index (χ2v) is 4.80. The molecule has 5 nitrogen and oxygen atoms in total. The van der Waals surface area contributed by atoms with Gasteiger partial charge in [0, 0.05) is 13.2 Å². The largest absolute Gasteiger partial charge is 0.487 e. The molecule has 0 spiro atoms. The van der Waals surface area contributed by atoms with Crippen LogP contribution in [-0.2, 0) is 4.74 Å². The number of hydrogen-bond acceptors (Lipinski definition) is 6. The summed E-state index contributed by atoms with van der Waals surface area (Å²) in [4.78, 5) is 0. The summed E-state index contributed by atoms with van der Waals surface area (Å²) >= 11 is 1.34. The van der Waals surface area contributed by atoms with Crippen LogP contribution in [-0.4, -0.2) is 30.2 Å². The van der Waals surface area contributed by atoms with Crippen LogP contribution in [0.15, 0.2) is 0 Å². The molecule has 0 aliphatic carbocycles. The second kappa shape index (κ2) is 6.07. The first-order chi connectivity index (χ1) is 8.31. The molecule has 1 aromatic heterocycles. The van der Waals surface area contributed by atoms with E-state index in [9.17, 15) is 0 Å². The van der Waals surface area contributed by atoms with Crippen molar-refractivity contribution >= 4 is 22.4 Å². The lowest BCUT2D eigenvalue weighted by atomic mass is 10.1. The molecule has 1 aromatic rings.